The summed E-state index contributed by atoms with van der Waals surface area (Å²) in [6.45, 7) is 1.48. The topological polar surface area (TPSA) is 73.6 Å². The quantitative estimate of drug-likeness (QED) is 0.461. The van der Waals surface area contributed by atoms with Crippen LogP contribution in [0.1, 0.15) is 11.1 Å². The summed E-state index contributed by atoms with van der Waals surface area (Å²) in [5.74, 6) is -0.315. The molecule has 0 radical (unpaired) electrons. The minimum Gasteiger partial charge on any atom is -0.423 e. The molecule has 0 bridgehead atoms. The molecule has 0 aliphatic heterocycles. The molecule has 0 saturated heterocycles. The zero-order valence-electron chi connectivity index (χ0n) is 13.5. The van der Waals surface area contributed by atoms with Crippen molar-refractivity contribution >= 4 is 32.7 Å². The Morgan fingerprint density at radius 3 is 2.48 bits per heavy atom. The molecule has 1 heterocycles. The molecule has 0 fully saturated rings. The van der Waals surface area contributed by atoms with Gasteiger partial charge in [0.25, 0.3) is 0 Å². The molecular weight excluding hydrogens is 409 g/mol. The highest BCUT2D eigenvalue weighted by Gasteiger charge is 2.34. The van der Waals surface area contributed by atoms with E-state index in [-0.39, 0.29) is 21.2 Å². The lowest BCUT2D eigenvalue weighted by molar-refractivity contribution is -0.136. The summed E-state index contributed by atoms with van der Waals surface area (Å²) in [6.07, 6.45) is -4.78. The Morgan fingerprint density at radius 2 is 1.81 bits per heavy atom. The fraction of sp³-hybridized carbons (Fsp3) is 0.118. The largest absolute Gasteiger partial charge is 0.423 e. The van der Waals surface area contributed by atoms with Crippen molar-refractivity contribution in [2.75, 3.05) is 0 Å². The maximum Gasteiger partial charge on any atom is 0.417 e. The van der Waals surface area contributed by atoms with E-state index in [0.29, 0.717) is 6.07 Å². The van der Waals surface area contributed by atoms with Crippen LogP contribution in [0.3, 0.4) is 0 Å². The minimum atomic E-state index is -4.78. The van der Waals surface area contributed by atoms with Gasteiger partial charge in [-0.3, -0.25) is 0 Å². The monoisotopic (exact) mass is 418 g/mol. The first-order valence-electron chi connectivity index (χ1n) is 7.34. The van der Waals surface area contributed by atoms with Gasteiger partial charge < -0.3 is 8.60 Å². The van der Waals surface area contributed by atoms with Crippen LogP contribution >= 0.6 is 11.6 Å². The molecule has 0 aliphatic carbocycles. The lowest BCUT2D eigenvalue weighted by atomic mass is 10.1. The molecule has 5 nitrogen and oxygen atoms in total. The molecule has 0 atom stereocenters. The molecule has 3 rings (SSSR count). The molecule has 0 saturated carbocycles. The van der Waals surface area contributed by atoms with Crippen molar-refractivity contribution in [1.82, 2.24) is 0 Å². The second kappa shape index (κ2) is 6.58. The lowest BCUT2D eigenvalue weighted by Gasteiger charge is -2.12. The molecule has 1 aromatic heterocycles. The first-order valence-corrected chi connectivity index (χ1v) is 9.12. The third-order valence-electron chi connectivity index (χ3n) is 3.71. The molecule has 10 heteroatoms. The Balaban J connectivity index is 2.09. The third kappa shape index (κ3) is 3.79. The summed E-state index contributed by atoms with van der Waals surface area (Å²) >= 11 is 5.90. The zero-order valence-corrected chi connectivity index (χ0v) is 15.1. The Labute approximate surface area is 156 Å². The molecule has 2 aromatic carbocycles. The van der Waals surface area contributed by atoms with Gasteiger partial charge in [0.2, 0.25) is 0 Å². The van der Waals surface area contributed by atoms with Gasteiger partial charge in [-0.05, 0) is 36.8 Å². The second-order valence-corrected chi connectivity index (χ2v) is 7.46. The number of halogens is 4. The van der Waals surface area contributed by atoms with E-state index in [1.54, 1.807) is 0 Å². The Bertz CT molecular complexity index is 1200. The molecule has 0 spiro atoms. The zero-order chi connectivity index (χ0) is 20.0. The van der Waals surface area contributed by atoms with Crippen molar-refractivity contribution in [2.24, 2.45) is 0 Å². The molecule has 0 aliphatic rings. The van der Waals surface area contributed by atoms with Gasteiger partial charge in [-0.25, -0.2) is 4.79 Å². The molecule has 0 amide bonds. The molecule has 142 valence electrons. The van der Waals surface area contributed by atoms with Crippen LogP contribution in [0.25, 0.3) is 11.0 Å². The third-order valence-corrected chi connectivity index (χ3v) is 5.52. The van der Waals surface area contributed by atoms with E-state index in [4.69, 9.17) is 20.2 Å². The molecule has 27 heavy (non-hydrogen) atoms. The van der Waals surface area contributed by atoms with E-state index in [2.05, 4.69) is 0 Å². The number of hydrogen-bond acceptors (Lipinski definition) is 5. The highest BCUT2D eigenvalue weighted by molar-refractivity contribution is 7.87. The average molecular weight is 419 g/mol. The van der Waals surface area contributed by atoms with Gasteiger partial charge in [0.1, 0.15) is 16.2 Å². The smallest absolute Gasteiger partial charge is 0.417 e. The lowest BCUT2D eigenvalue weighted by Crippen LogP contribution is -2.12. The van der Waals surface area contributed by atoms with Gasteiger partial charge >= 0.3 is 21.9 Å². The van der Waals surface area contributed by atoms with E-state index in [1.165, 1.54) is 25.1 Å². The van der Waals surface area contributed by atoms with Crippen LogP contribution in [0.4, 0.5) is 13.2 Å². The number of hydrogen-bond donors (Lipinski definition) is 0. The minimum absolute atomic E-state index is 0.194. The highest BCUT2D eigenvalue weighted by atomic mass is 35.5. The summed E-state index contributed by atoms with van der Waals surface area (Å²) in [7, 11) is -4.31. The van der Waals surface area contributed by atoms with Crippen LogP contribution in [0, 0.1) is 6.92 Å². The fourth-order valence-corrected chi connectivity index (χ4v) is 3.87. The SMILES string of the molecule is Cc1c(Cl)cccc1S(=O)(=O)Oc1ccc2c(C(F)(F)F)cc(=O)oc2c1. The summed E-state index contributed by atoms with van der Waals surface area (Å²) in [5.41, 5.74) is -2.61. The summed E-state index contributed by atoms with van der Waals surface area (Å²) in [5, 5.41) is -0.190. The molecule has 3 aromatic rings. The van der Waals surface area contributed by atoms with Crippen LogP contribution in [0.15, 0.2) is 56.6 Å². The first-order chi connectivity index (χ1) is 12.5. The number of benzene rings is 2. The molecule has 0 unspecified atom stereocenters. The van der Waals surface area contributed by atoms with Crippen molar-refractivity contribution in [2.45, 2.75) is 18.0 Å². The van der Waals surface area contributed by atoms with Gasteiger partial charge in [0.15, 0.2) is 0 Å². The van der Waals surface area contributed by atoms with Crippen LogP contribution in [-0.2, 0) is 16.3 Å². The van der Waals surface area contributed by atoms with E-state index < -0.39 is 38.5 Å². The number of alkyl halides is 3. The van der Waals surface area contributed by atoms with Gasteiger partial charge in [-0.2, -0.15) is 21.6 Å². The van der Waals surface area contributed by atoms with E-state index in [0.717, 1.165) is 18.2 Å². The van der Waals surface area contributed by atoms with Crippen molar-refractivity contribution in [3.05, 3.63) is 69.0 Å². The molecular formula is C17H10ClF3O5S. The standard InChI is InChI=1S/C17H10ClF3O5S/c1-9-13(18)3-2-4-15(9)27(23,24)26-10-5-6-11-12(17(19,20)21)8-16(22)25-14(11)7-10/h2-8H,1H3. The average Bonchev–Trinajstić information content (AvgIpc) is 2.55. The van der Waals surface area contributed by atoms with Crippen LogP contribution < -0.4 is 9.81 Å². The predicted octanol–water partition coefficient (Wildman–Crippen LogP) is 4.54. The van der Waals surface area contributed by atoms with E-state index >= 15 is 0 Å². The summed E-state index contributed by atoms with van der Waals surface area (Å²) in [6, 6.07) is 7.43. The Kier molecular flexibility index (Phi) is 4.69. The summed E-state index contributed by atoms with van der Waals surface area (Å²) < 4.78 is 73.8. The second-order valence-electron chi connectivity index (χ2n) is 5.54. The normalized spacial score (nSPS) is 12.3. The number of rotatable bonds is 3. The predicted molar refractivity (Wildman–Crippen MR) is 91.5 cm³/mol. The van der Waals surface area contributed by atoms with Crippen LogP contribution in [0.5, 0.6) is 5.75 Å². The van der Waals surface area contributed by atoms with Crippen molar-refractivity contribution in [1.29, 1.82) is 0 Å². The highest BCUT2D eigenvalue weighted by Crippen LogP contribution is 2.35. The fourth-order valence-electron chi connectivity index (χ4n) is 2.46. The van der Waals surface area contributed by atoms with Gasteiger partial charge in [0, 0.05) is 22.5 Å². The van der Waals surface area contributed by atoms with Gasteiger partial charge in [-0.15, -0.1) is 0 Å². The van der Waals surface area contributed by atoms with E-state index in [1.807, 2.05) is 0 Å². The van der Waals surface area contributed by atoms with Crippen molar-refractivity contribution in [3.63, 3.8) is 0 Å². The van der Waals surface area contributed by atoms with E-state index in [9.17, 15) is 26.4 Å². The van der Waals surface area contributed by atoms with Crippen LogP contribution in [-0.4, -0.2) is 8.42 Å². The maximum absolute atomic E-state index is 13.1. The maximum atomic E-state index is 13.1. The number of fused-ring (bicyclic) bond motifs is 1. The van der Waals surface area contributed by atoms with Crippen molar-refractivity contribution in [3.8, 4) is 5.75 Å². The van der Waals surface area contributed by atoms with Gasteiger partial charge in [-0.1, -0.05) is 17.7 Å². The Hall–Kier alpha value is -2.52. The summed E-state index contributed by atoms with van der Waals surface area (Å²) in [4.78, 5) is 11.2. The van der Waals surface area contributed by atoms with Gasteiger partial charge in [0.05, 0.1) is 5.56 Å². The first kappa shape index (κ1) is 19.2. The Morgan fingerprint density at radius 1 is 1.11 bits per heavy atom. The van der Waals surface area contributed by atoms with Crippen molar-refractivity contribution < 1.29 is 30.2 Å². The molecule has 0 N–H and O–H groups in total. The van der Waals surface area contributed by atoms with Crippen LogP contribution in [0.2, 0.25) is 5.02 Å².